The Balaban J connectivity index is 1.76. The van der Waals surface area contributed by atoms with Crippen LogP contribution < -0.4 is 5.32 Å². The molecule has 4 heteroatoms. The zero-order valence-electron chi connectivity index (χ0n) is 16.0. The SMILES string of the molecule is Cc1ccc(CN(C[C@@H]2CCOC2)C2CC(C)(C)NC(C)(C)C2)o1. The number of nitrogens with one attached hydrogen (secondary N) is 1. The van der Waals surface area contributed by atoms with Crippen molar-refractivity contribution in [3.63, 3.8) is 0 Å². The highest BCUT2D eigenvalue weighted by molar-refractivity contribution is 5.07. The fraction of sp³-hybridized carbons (Fsp3) is 0.800. The minimum atomic E-state index is 0.163. The molecule has 1 atom stereocenters. The van der Waals surface area contributed by atoms with Crippen LogP contribution in [0, 0.1) is 12.8 Å². The quantitative estimate of drug-likeness (QED) is 0.890. The van der Waals surface area contributed by atoms with Gasteiger partial charge in [-0.25, -0.2) is 0 Å². The number of nitrogens with zero attached hydrogens (tertiary/aromatic N) is 1. The molecule has 3 rings (SSSR count). The molecule has 0 radical (unpaired) electrons. The molecule has 3 heterocycles. The Labute approximate surface area is 146 Å². The average molecular weight is 335 g/mol. The van der Waals surface area contributed by atoms with Crippen LogP contribution >= 0.6 is 0 Å². The van der Waals surface area contributed by atoms with Crippen molar-refractivity contribution in [2.45, 2.75) is 77.5 Å². The summed E-state index contributed by atoms with van der Waals surface area (Å²) in [5, 5.41) is 3.80. The third-order valence-electron chi connectivity index (χ3n) is 5.36. The van der Waals surface area contributed by atoms with E-state index in [0.717, 1.165) is 37.8 Å². The molecule has 2 saturated heterocycles. The minimum Gasteiger partial charge on any atom is -0.465 e. The first-order valence-corrected chi connectivity index (χ1v) is 9.39. The van der Waals surface area contributed by atoms with Crippen molar-refractivity contribution in [1.29, 1.82) is 0 Å². The van der Waals surface area contributed by atoms with Gasteiger partial charge in [0.15, 0.2) is 0 Å². The van der Waals surface area contributed by atoms with E-state index in [2.05, 4.69) is 50.0 Å². The second kappa shape index (κ2) is 6.81. The summed E-state index contributed by atoms with van der Waals surface area (Å²) in [6, 6.07) is 4.77. The maximum atomic E-state index is 5.88. The number of ether oxygens (including phenoxy) is 1. The van der Waals surface area contributed by atoms with E-state index in [1.807, 2.05) is 6.92 Å². The van der Waals surface area contributed by atoms with Gasteiger partial charge in [-0.1, -0.05) is 0 Å². The molecule has 0 saturated carbocycles. The zero-order chi connectivity index (χ0) is 17.4. The second-order valence-corrected chi connectivity index (χ2v) is 9.13. The van der Waals surface area contributed by atoms with Crippen LogP contribution in [0.25, 0.3) is 0 Å². The molecule has 1 aromatic rings. The second-order valence-electron chi connectivity index (χ2n) is 9.13. The van der Waals surface area contributed by atoms with Gasteiger partial charge in [-0.15, -0.1) is 0 Å². The molecule has 136 valence electrons. The van der Waals surface area contributed by atoms with Gasteiger partial charge in [0, 0.05) is 30.3 Å². The van der Waals surface area contributed by atoms with Gasteiger partial charge in [-0.3, -0.25) is 4.90 Å². The molecule has 24 heavy (non-hydrogen) atoms. The molecule has 0 aromatic carbocycles. The molecule has 2 fully saturated rings. The van der Waals surface area contributed by atoms with Crippen molar-refractivity contribution in [2.75, 3.05) is 19.8 Å². The predicted molar refractivity (Wildman–Crippen MR) is 97.1 cm³/mol. The Morgan fingerprint density at radius 1 is 1.17 bits per heavy atom. The lowest BCUT2D eigenvalue weighted by Gasteiger charge is -2.50. The van der Waals surface area contributed by atoms with Crippen molar-refractivity contribution in [3.05, 3.63) is 23.7 Å². The lowest BCUT2D eigenvalue weighted by atomic mass is 9.78. The Bertz CT molecular complexity index is 528. The molecule has 1 N–H and O–H groups in total. The summed E-state index contributed by atoms with van der Waals surface area (Å²) in [7, 11) is 0. The molecular weight excluding hydrogens is 300 g/mol. The first kappa shape index (κ1) is 18.0. The summed E-state index contributed by atoms with van der Waals surface area (Å²) in [5.74, 6) is 2.74. The van der Waals surface area contributed by atoms with Crippen molar-refractivity contribution >= 4 is 0 Å². The fourth-order valence-electron chi connectivity index (χ4n) is 4.70. The number of piperidine rings is 1. The lowest BCUT2D eigenvalue weighted by molar-refractivity contribution is 0.0452. The van der Waals surface area contributed by atoms with E-state index in [1.54, 1.807) is 0 Å². The fourth-order valence-corrected chi connectivity index (χ4v) is 4.70. The summed E-state index contributed by atoms with van der Waals surface area (Å²) >= 11 is 0. The predicted octanol–water partition coefficient (Wildman–Crippen LogP) is 3.74. The topological polar surface area (TPSA) is 37.6 Å². The number of furan rings is 1. The van der Waals surface area contributed by atoms with E-state index in [4.69, 9.17) is 9.15 Å². The van der Waals surface area contributed by atoms with Gasteiger partial charge >= 0.3 is 0 Å². The van der Waals surface area contributed by atoms with Crippen molar-refractivity contribution in [1.82, 2.24) is 10.2 Å². The van der Waals surface area contributed by atoms with E-state index >= 15 is 0 Å². The lowest BCUT2D eigenvalue weighted by Crippen LogP contribution is -2.62. The Hall–Kier alpha value is -0.840. The van der Waals surface area contributed by atoms with Gasteiger partial charge in [-0.2, -0.15) is 0 Å². The molecule has 2 aliphatic heterocycles. The summed E-state index contributed by atoms with van der Waals surface area (Å²) in [6.07, 6.45) is 3.53. The van der Waals surface area contributed by atoms with E-state index < -0.39 is 0 Å². The van der Waals surface area contributed by atoms with Gasteiger partial charge < -0.3 is 14.5 Å². The Morgan fingerprint density at radius 3 is 2.42 bits per heavy atom. The third kappa shape index (κ3) is 4.62. The Kier molecular flexibility index (Phi) is 5.10. The first-order chi connectivity index (χ1) is 11.2. The van der Waals surface area contributed by atoms with Crippen LogP contribution in [0.4, 0.5) is 0 Å². The van der Waals surface area contributed by atoms with Gasteiger partial charge in [-0.05, 0) is 71.9 Å². The first-order valence-electron chi connectivity index (χ1n) is 9.39. The highest BCUT2D eigenvalue weighted by Crippen LogP contribution is 2.33. The number of hydrogen-bond acceptors (Lipinski definition) is 4. The summed E-state index contributed by atoms with van der Waals surface area (Å²) in [5.41, 5.74) is 0.325. The van der Waals surface area contributed by atoms with E-state index in [0.29, 0.717) is 12.0 Å². The minimum absolute atomic E-state index is 0.163. The van der Waals surface area contributed by atoms with Crippen LogP contribution in [-0.4, -0.2) is 41.8 Å². The molecule has 1 aromatic heterocycles. The molecule has 0 unspecified atom stereocenters. The standard InChI is InChI=1S/C20H34N2O2/c1-15-6-7-18(24-15)13-22(12-16-8-9-23-14-16)17-10-19(2,3)21-20(4,5)11-17/h6-7,16-17,21H,8-14H2,1-5H3/t16-/m0/s1. The molecule has 0 spiro atoms. The maximum absolute atomic E-state index is 5.88. The molecule has 0 amide bonds. The van der Waals surface area contributed by atoms with Crippen molar-refractivity contribution in [2.24, 2.45) is 5.92 Å². The number of hydrogen-bond donors (Lipinski definition) is 1. The smallest absolute Gasteiger partial charge is 0.118 e. The van der Waals surface area contributed by atoms with Gasteiger partial charge in [0.25, 0.3) is 0 Å². The van der Waals surface area contributed by atoms with Crippen LogP contribution in [0.5, 0.6) is 0 Å². The van der Waals surface area contributed by atoms with E-state index in [9.17, 15) is 0 Å². The van der Waals surface area contributed by atoms with Crippen LogP contribution in [0.2, 0.25) is 0 Å². The van der Waals surface area contributed by atoms with Crippen molar-refractivity contribution in [3.8, 4) is 0 Å². The number of aryl methyl sites for hydroxylation is 1. The van der Waals surface area contributed by atoms with Gasteiger partial charge in [0.05, 0.1) is 13.2 Å². The normalized spacial score (nSPS) is 27.0. The maximum Gasteiger partial charge on any atom is 0.118 e. The van der Waals surface area contributed by atoms with Crippen LogP contribution in [-0.2, 0) is 11.3 Å². The largest absolute Gasteiger partial charge is 0.465 e. The van der Waals surface area contributed by atoms with Crippen molar-refractivity contribution < 1.29 is 9.15 Å². The monoisotopic (exact) mass is 334 g/mol. The highest BCUT2D eigenvalue weighted by Gasteiger charge is 2.40. The number of rotatable bonds is 5. The summed E-state index contributed by atoms with van der Waals surface area (Å²) < 4.78 is 11.5. The van der Waals surface area contributed by atoms with E-state index in [-0.39, 0.29) is 11.1 Å². The average Bonchev–Trinajstić information content (AvgIpc) is 3.06. The van der Waals surface area contributed by atoms with Crippen LogP contribution in [0.3, 0.4) is 0 Å². The molecule has 2 aliphatic rings. The molecule has 0 bridgehead atoms. The van der Waals surface area contributed by atoms with Crippen LogP contribution in [0.1, 0.15) is 58.5 Å². The molecule has 4 nitrogen and oxygen atoms in total. The summed E-state index contributed by atoms with van der Waals surface area (Å²) in [4.78, 5) is 2.65. The highest BCUT2D eigenvalue weighted by atomic mass is 16.5. The molecule has 0 aliphatic carbocycles. The van der Waals surface area contributed by atoms with Gasteiger partial charge in [0.2, 0.25) is 0 Å². The van der Waals surface area contributed by atoms with Crippen LogP contribution in [0.15, 0.2) is 16.5 Å². The summed E-state index contributed by atoms with van der Waals surface area (Å²) in [6.45, 7) is 15.2. The van der Waals surface area contributed by atoms with E-state index in [1.165, 1.54) is 19.3 Å². The Morgan fingerprint density at radius 2 is 1.88 bits per heavy atom. The van der Waals surface area contributed by atoms with Gasteiger partial charge in [0.1, 0.15) is 11.5 Å². The zero-order valence-corrected chi connectivity index (χ0v) is 16.0. The third-order valence-corrected chi connectivity index (χ3v) is 5.36. The molecular formula is C20H34N2O2.